The largest absolute Gasteiger partial charge is 0.573 e. The number of H-pyrrole nitrogens is 2. The topological polar surface area (TPSA) is 102 Å². The Balaban J connectivity index is 1.97. The number of halogens is 4. The monoisotopic (exact) mass is 362 g/mol. The predicted molar refractivity (Wildman–Crippen MR) is 75.4 cm³/mol. The molecule has 0 bridgehead atoms. The van der Waals surface area contributed by atoms with Crippen molar-refractivity contribution in [1.82, 2.24) is 19.0 Å². The summed E-state index contributed by atoms with van der Waals surface area (Å²) >= 11 is 5.89. The fraction of sp³-hybridized carbons (Fsp3) is 0.0833. The molecule has 0 aliphatic carbocycles. The molecule has 2 N–H and O–H groups in total. The van der Waals surface area contributed by atoms with Crippen molar-refractivity contribution in [3.05, 3.63) is 45.1 Å². The minimum Gasteiger partial charge on any atom is -0.424 e. The average Bonchev–Trinajstić information content (AvgIpc) is 2.73. The Bertz CT molecular complexity index is 1020. The van der Waals surface area contributed by atoms with Crippen LogP contribution in [0, 0.1) is 0 Å². The van der Waals surface area contributed by atoms with Crippen molar-refractivity contribution in [2.45, 2.75) is 6.36 Å². The van der Waals surface area contributed by atoms with Gasteiger partial charge in [0.05, 0.1) is 0 Å². The van der Waals surface area contributed by atoms with Crippen LogP contribution >= 0.6 is 11.8 Å². The molecule has 0 radical (unpaired) electrons. The number of aromatic nitrogens is 4. The van der Waals surface area contributed by atoms with Crippen LogP contribution in [0.5, 0.6) is 17.5 Å². The molecule has 24 heavy (non-hydrogen) atoms. The van der Waals surface area contributed by atoms with Crippen LogP contribution in [0.25, 0.3) is 11.2 Å². The quantitative estimate of drug-likeness (QED) is 0.743. The van der Waals surface area contributed by atoms with Crippen LogP contribution in [0.3, 0.4) is 0 Å². The van der Waals surface area contributed by atoms with Crippen LogP contribution in [0.1, 0.15) is 0 Å². The maximum atomic E-state index is 12.2. The van der Waals surface area contributed by atoms with E-state index in [1.165, 1.54) is 12.1 Å². The van der Waals surface area contributed by atoms with Gasteiger partial charge >= 0.3 is 18.1 Å². The van der Waals surface area contributed by atoms with Crippen LogP contribution in [0.15, 0.2) is 33.9 Å². The van der Waals surface area contributed by atoms with Crippen molar-refractivity contribution in [2.24, 2.45) is 0 Å². The molecule has 2 heterocycles. The highest BCUT2D eigenvalue weighted by atomic mass is 35.5. The Kier molecular flexibility index (Phi) is 3.72. The van der Waals surface area contributed by atoms with Gasteiger partial charge in [-0.3, -0.25) is 14.8 Å². The Morgan fingerprint density at radius 3 is 2.58 bits per heavy atom. The first-order valence-corrected chi connectivity index (χ1v) is 6.51. The van der Waals surface area contributed by atoms with Gasteiger partial charge in [0.2, 0.25) is 0 Å². The Hall–Kier alpha value is -2.95. The van der Waals surface area contributed by atoms with Crippen molar-refractivity contribution in [2.75, 3.05) is 0 Å². The summed E-state index contributed by atoms with van der Waals surface area (Å²) in [7, 11) is 0. The number of aromatic amines is 2. The summed E-state index contributed by atoms with van der Waals surface area (Å²) in [6.07, 6.45) is -4.86. The van der Waals surface area contributed by atoms with Gasteiger partial charge in [0.15, 0.2) is 11.2 Å². The van der Waals surface area contributed by atoms with E-state index >= 15 is 0 Å². The summed E-state index contributed by atoms with van der Waals surface area (Å²) in [4.78, 5) is 30.9. The molecule has 126 valence electrons. The smallest absolute Gasteiger partial charge is 0.424 e. The van der Waals surface area contributed by atoms with Crippen molar-refractivity contribution in [3.63, 3.8) is 0 Å². The van der Waals surface area contributed by atoms with Crippen molar-refractivity contribution in [3.8, 4) is 17.5 Å². The summed E-state index contributed by atoms with van der Waals surface area (Å²) < 4.78 is 46.4. The molecule has 1 aromatic carbocycles. The third-order valence-electron chi connectivity index (χ3n) is 2.72. The first-order valence-electron chi connectivity index (χ1n) is 6.18. The molecule has 0 saturated heterocycles. The number of nitrogens with zero attached hydrogens (tertiary/aromatic N) is 2. The molecule has 12 heteroatoms. The van der Waals surface area contributed by atoms with Gasteiger partial charge < -0.3 is 9.47 Å². The van der Waals surface area contributed by atoms with Gasteiger partial charge in [-0.15, -0.1) is 13.2 Å². The van der Waals surface area contributed by atoms with E-state index < -0.39 is 23.4 Å². The summed E-state index contributed by atoms with van der Waals surface area (Å²) in [6, 6.07) is 4.28. The number of rotatable bonds is 3. The lowest BCUT2D eigenvalue weighted by Gasteiger charge is -2.10. The van der Waals surface area contributed by atoms with E-state index in [2.05, 4.69) is 14.7 Å². The number of fused-ring (bicyclic) bond motifs is 1. The number of nitrogens with one attached hydrogen (secondary N) is 2. The fourth-order valence-electron chi connectivity index (χ4n) is 1.87. The molecule has 0 spiro atoms. The van der Waals surface area contributed by atoms with Crippen LogP contribution in [-0.4, -0.2) is 25.4 Å². The Labute approximate surface area is 134 Å². The SMILES string of the molecule is O=c1[nH]c(=O)c2c(nc(Oc3cccc(OC(F)(F)F)c3)n2Cl)[nH]1. The minimum atomic E-state index is -4.86. The standard InChI is InChI=1S/C12H6ClF3N4O4/c13-20-7-8(17-10(22)19-9(7)21)18-11(20)23-5-2-1-3-6(4-5)24-12(14,15)16/h1-4H,(H2,17,19,21,22). The molecule has 0 atom stereocenters. The first-order chi connectivity index (χ1) is 11.2. The number of hydrogen-bond acceptors (Lipinski definition) is 5. The second-order valence-electron chi connectivity index (χ2n) is 4.41. The molecule has 3 rings (SSSR count). The summed E-state index contributed by atoms with van der Waals surface area (Å²) in [5, 5.41) is 0. The second kappa shape index (κ2) is 5.60. The molecule has 8 nitrogen and oxygen atoms in total. The van der Waals surface area contributed by atoms with Gasteiger partial charge in [0.25, 0.3) is 5.56 Å². The highest BCUT2D eigenvalue weighted by molar-refractivity contribution is 6.19. The zero-order valence-electron chi connectivity index (χ0n) is 11.3. The van der Waals surface area contributed by atoms with Gasteiger partial charge in [0.1, 0.15) is 11.5 Å². The number of benzene rings is 1. The van der Waals surface area contributed by atoms with Crippen molar-refractivity contribution < 1.29 is 22.6 Å². The molecule has 0 saturated carbocycles. The number of alkyl halides is 3. The van der Waals surface area contributed by atoms with Crippen LogP contribution in [-0.2, 0) is 0 Å². The highest BCUT2D eigenvalue weighted by Gasteiger charge is 2.31. The molecule has 3 aromatic rings. The Morgan fingerprint density at radius 2 is 1.88 bits per heavy atom. The number of ether oxygens (including phenoxy) is 2. The summed E-state index contributed by atoms with van der Waals surface area (Å²) in [6.45, 7) is 0. The second-order valence-corrected chi connectivity index (χ2v) is 4.74. The average molecular weight is 363 g/mol. The molecule has 0 aliphatic rings. The maximum absolute atomic E-state index is 12.2. The van der Waals surface area contributed by atoms with Gasteiger partial charge in [-0.2, -0.15) is 9.07 Å². The first kappa shape index (κ1) is 15.9. The van der Waals surface area contributed by atoms with E-state index in [1.807, 2.05) is 4.98 Å². The maximum Gasteiger partial charge on any atom is 0.573 e. The van der Waals surface area contributed by atoms with Crippen LogP contribution < -0.4 is 20.7 Å². The molecular formula is C12H6ClF3N4O4. The normalized spacial score (nSPS) is 11.7. The molecule has 2 aromatic heterocycles. The van der Waals surface area contributed by atoms with Crippen molar-refractivity contribution >= 4 is 22.9 Å². The Morgan fingerprint density at radius 1 is 1.17 bits per heavy atom. The third kappa shape index (κ3) is 3.20. The fourth-order valence-corrected chi connectivity index (χ4v) is 2.10. The molecular weight excluding hydrogens is 357 g/mol. The lowest BCUT2D eigenvalue weighted by molar-refractivity contribution is -0.274. The zero-order valence-corrected chi connectivity index (χ0v) is 12.1. The molecule has 0 aliphatic heterocycles. The van der Waals surface area contributed by atoms with Crippen LogP contribution in [0.2, 0.25) is 0 Å². The molecule has 0 fully saturated rings. The molecule has 0 amide bonds. The van der Waals surface area contributed by atoms with Crippen molar-refractivity contribution in [1.29, 1.82) is 0 Å². The van der Waals surface area contributed by atoms with Crippen LogP contribution in [0.4, 0.5) is 13.2 Å². The number of imidazole rings is 1. The van der Waals surface area contributed by atoms with E-state index in [0.717, 1.165) is 16.2 Å². The van der Waals surface area contributed by atoms with E-state index in [1.54, 1.807) is 0 Å². The third-order valence-corrected chi connectivity index (χ3v) is 3.03. The predicted octanol–water partition coefficient (Wildman–Crippen LogP) is 2.11. The zero-order chi connectivity index (χ0) is 17.5. The van der Waals surface area contributed by atoms with Gasteiger partial charge in [-0.25, -0.2) is 4.79 Å². The minimum absolute atomic E-state index is 0.0762. The molecule has 0 unspecified atom stereocenters. The van der Waals surface area contributed by atoms with E-state index in [-0.39, 0.29) is 22.9 Å². The lowest BCUT2D eigenvalue weighted by atomic mass is 10.3. The summed E-state index contributed by atoms with van der Waals surface area (Å²) in [5.74, 6) is -0.587. The summed E-state index contributed by atoms with van der Waals surface area (Å²) in [5.41, 5.74) is -1.93. The highest BCUT2D eigenvalue weighted by Crippen LogP contribution is 2.29. The van der Waals surface area contributed by atoms with Gasteiger partial charge in [-0.1, -0.05) is 6.07 Å². The lowest BCUT2D eigenvalue weighted by Crippen LogP contribution is -2.22. The van der Waals surface area contributed by atoms with Gasteiger partial charge in [0, 0.05) is 17.8 Å². The number of hydrogen-bond donors (Lipinski definition) is 2. The van der Waals surface area contributed by atoms with E-state index in [4.69, 9.17) is 16.5 Å². The van der Waals surface area contributed by atoms with Gasteiger partial charge in [-0.05, 0) is 12.1 Å². The van der Waals surface area contributed by atoms with E-state index in [9.17, 15) is 22.8 Å². The van der Waals surface area contributed by atoms with E-state index in [0.29, 0.717) is 0 Å².